The number of carbonyl (C=O) groups excluding carboxylic acids is 2. The van der Waals surface area contributed by atoms with E-state index in [1.54, 1.807) is 0 Å². The smallest absolute Gasteiger partial charge is 0.351 e. The number of ether oxygens (including phenoxy) is 3. The predicted octanol–water partition coefficient (Wildman–Crippen LogP) is -2.92. The average Bonchev–Trinajstić information content (AvgIpc) is 3.29. The Hall–Kier alpha value is -2.50. The minimum Gasteiger partial charge on any atom is -0.459 e. The Bertz CT molecular complexity index is 717. The van der Waals surface area contributed by atoms with Crippen LogP contribution < -0.4 is 22.1 Å². The van der Waals surface area contributed by atoms with Gasteiger partial charge in [-0.05, 0) is 6.07 Å². The van der Waals surface area contributed by atoms with Crippen LogP contribution >= 0.6 is 0 Å². The van der Waals surface area contributed by atoms with Crippen molar-refractivity contribution in [3.63, 3.8) is 0 Å². The third-order valence-corrected chi connectivity index (χ3v) is 4.19. The van der Waals surface area contributed by atoms with Crippen LogP contribution in [-0.4, -0.2) is 60.1 Å². The molecule has 3 atom stereocenters. The van der Waals surface area contributed by atoms with Gasteiger partial charge >= 0.3 is 11.7 Å². The summed E-state index contributed by atoms with van der Waals surface area (Å²) in [7, 11) is 0. The number of carbonyl (C=O) groups is 2. The first-order chi connectivity index (χ1) is 12.5. The molecule has 0 aliphatic carbocycles. The molecule has 0 spiro atoms. The highest BCUT2D eigenvalue weighted by Crippen LogP contribution is 2.19. The molecule has 11 nitrogen and oxygen atoms in total. The molecule has 0 radical (unpaired) electrons. The normalized spacial score (nSPS) is 25.2. The van der Waals surface area contributed by atoms with Crippen LogP contribution in [-0.2, 0) is 23.8 Å². The van der Waals surface area contributed by atoms with Gasteiger partial charge in [0.2, 0.25) is 0 Å². The standard InChI is InChI=1S/C15H21N5O6/c16-10-3-5-20(15(23)19-10)11-7-25-13(26-11)8-24-12(21)6-18-14(22)9-2-1-4-17-9/h3,5,9,11,13,17H,1-2,4,6-8H2,(H,18,22)(H2,16,19,23)/p+1. The molecule has 0 aromatic carbocycles. The number of esters is 1. The van der Waals surface area contributed by atoms with Gasteiger partial charge in [0.25, 0.3) is 5.91 Å². The van der Waals surface area contributed by atoms with Gasteiger partial charge in [0, 0.05) is 19.0 Å². The van der Waals surface area contributed by atoms with Crippen molar-refractivity contribution in [2.24, 2.45) is 0 Å². The van der Waals surface area contributed by atoms with Gasteiger partial charge in [-0.25, -0.2) is 4.79 Å². The zero-order chi connectivity index (χ0) is 18.5. The molecule has 1 amide bonds. The molecule has 5 N–H and O–H groups in total. The molecule has 1 aromatic heterocycles. The zero-order valence-electron chi connectivity index (χ0n) is 14.1. The van der Waals surface area contributed by atoms with Gasteiger partial charge in [0.1, 0.15) is 19.0 Å². The summed E-state index contributed by atoms with van der Waals surface area (Å²) in [4.78, 5) is 38.9. The van der Waals surface area contributed by atoms with E-state index in [0.29, 0.717) is 0 Å². The number of rotatable bonds is 6. The van der Waals surface area contributed by atoms with Gasteiger partial charge in [0.05, 0.1) is 13.2 Å². The molecular weight excluding hydrogens is 346 g/mol. The van der Waals surface area contributed by atoms with Gasteiger partial charge in [-0.1, -0.05) is 0 Å². The van der Waals surface area contributed by atoms with Crippen molar-refractivity contribution in [1.29, 1.82) is 0 Å². The number of aromatic nitrogens is 2. The maximum absolute atomic E-state index is 11.8. The molecule has 0 bridgehead atoms. The Morgan fingerprint density at radius 3 is 3.08 bits per heavy atom. The van der Waals surface area contributed by atoms with Crippen LogP contribution in [0.4, 0.5) is 5.82 Å². The predicted molar refractivity (Wildman–Crippen MR) is 86.6 cm³/mol. The highest BCUT2D eigenvalue weighted by molar-refractivity contribution is 5.84. The maximum Gasteiger partial charge on any atom is 0.351 e. The van der Waals surface area contributed by atoms with E-state index < -0.39 is 24.2 Å². The van der Waals surface area contributed by atoms with E-state index in [9.17, 15) is 14.4 Å². The number of nitrogens with one attached hydrogen (secondary N) is 1. The second-order valence-corrected chi connectivity index (χ2v) is 6.07. The molecule has 2 aliphatic rings. The fraction of sp³-hybridized carbons (Fsp3) is 0.600. The van der Waals surface area contributed by atoms with Gasteiger partial charge in [-0.2, -0.15) is 4.98 Å². The number of amides is 1. The lowest BCUT2D eigenvalue weighted by molar-refractivity contribution is -0.657. The fourth-order valence-corrected chi connectivity index (χ4v) is 2.84. The Morgan fingerprint density at radius 1 is 1.50 bits per heavy atom. The minimum absolute atomic E-state index is 0.113. The number of quaternary nitrogens is 1. The lowest BCUT2D eigenvalue weighted by atomic mass is 10.2. The van der Waals surface area contributed by atoms with Crippen LogP contribution in [0.5, 0.6) is 0 Å². The van der Waals surface area contributed by atoms with Crippen molar-refractivity contribution >= 4 is 17.7 Å². The van der Waals surface area contributed by atoms with E-state index in [4.69, 9.17) is 19.9 Å². The number of hydrogen-bond donors (Lipinski definition) is 3. The first kappa shape index (κ1) is 18.3. The van der Waals surface area contributed by atoms with Crippen molar-refractivity contribution in [2.75, 3.05) is 32.0 Å². The molecule has 142 valence electrons. The zero-order valence-corrected chi connectivity index (χ0v) is 14.1. The molecule has 3 unspecified atom stereocenters. The van der Waals surface area contributed by atoms with Gasteiger partial charge < -0.3 is 30.6 Å². The van der Waals surface area contributed by atoms with Crippen molar-refractivity contribution < 1.29 is 29.1 Å². The van der Waals surface area contributed by atoms with Crippen molar-refractivity contribution in [3.05, 3.63) is 22.7 Å². The molecule has 1 aromatic rings. The quantitative estimate of drug-likeness (QED) is 0.452. The molecule has 3 rings (SSSR count). The summed E-state index contributed by atoms with van der Waals surface area (Å²) in [5.74, 6) is -0.630. The van der Waals surface area contributed by atoms with E-state index in [1.165, 1.54) is 16.8 Å². The summed E-state index contributed by atoms with van der Waals surface area (Å²) < 4.78 is 17.2. The molecule has 2 fully saturated rings. The minimum atomic E-state index is -0.799. The highest BCUT2D eigenvalue weighted by atomic mass is 16.7. The molecule has 2 saturated heterocycles. The lowest BCUT2D eigenvalue weighted by Crippen LogP contribution is -2.89. The molecule has 3 heterocycles. The Balaban J connectivity index is 1.39. The summed E-state index contributed by atoms with van der Waals surface area (Å²) in [6.07, 6.45) is 1.80. The molecule has 11 heteroatoms. The molecule has 26 heavy (non-hydrogen) atoms. The number of nitrogen functional groups attached to an aromatic ring is 1. The van der Waals surface area contributed by atoms with E-state index in [-0.39, 0.29) is 37.5 Å². The SMILES string of the molecule is Nc1ccn(C2COC(COC(=O)CNC(=O)C3CCC[NH2+]3)O2)c(=O)n1. The van der Waals surface area contributed by atoms with Crippen LogP contribution in [0.25, 0.3) is 0 Å². The summed E-state index contributed by atoms with van der Waals surface area (Å²) in [6.45, 7) is 0.688. The van der Waals surface area contributed by atoms with Crippen molar-refractivity contribution in [2.45, 2.75) is 31.4 Å². The van der Waals surface area contributed by atoms with Crippen LogP contribution in [0, 0.1) is 0 Å². The van der Waals surface area contributed by atoms with E-state index in [2.05, 4.69) is 10.3 Å². The van der Waals surface area contributed by atoms with Gasteiger partial charge in [-0.3, -0.25) is 14.2 Å². The maximum atomic E-state index is 11.8. The largest absolute Gasteiger partial charge is 0.459 e. The average molecular weight is 368 g/mol. The second-order valence-electron chi connectivity index (χ2n) is 6.07. The lowest BCUT2D eigenvalue weighted by Gasteiger charge is -2.14. The van der Waals surface area contributed by atoms with Crippen LogP contribution in [0.1, 0.15) is 19.1 Å². The summed E-state index contributed by atoms with van der Waals surface area (Å²) >= 11 is 0. The number of anilines is 1. The molecule has 2 aliphatic heterocycles. The Morgan fingerprint density at radius 2 is 2.35 bits per heavy atom. The topological polar surface area (TPSA) is 151 Å². The number of nitrogens with two attached hydrogens (primary N) is 2. The Kier molecular flexibility index (Phi) is 5.81. The monoisotopic (exact) mass is 368 g/mol. The van der Waals surface area contributed by atoms with Crippen LogP contribution in [0.3, 0.4) is 0 Å². The number of hydrogen-bond acceptors (Lipinski definition) is 8. The van der Waals surface area contributed by atoms with E-state index in [1.807, 2.05) is 5.32 Å². The summed E-state index contributed by atoms with van der Waals surface area (Å²) in [6, 6.07) is 1.35. The van der Waals surface area contributed by atoms with Gasteiger partial charge in [0.15, 0.2) is 18.6 Å². The van der Waals surface area contributed by atoms with E-state index in [0.717, 1.165) is 19.4 Å². The second kappa shape index (κ2) is 8.25. The third-order valence-electron chi connectivity index (χ3n) is 4.19. The summed E-state index contributed by atoms with van der Waals surface area (Å²) in [5, 5.41) is 4.51. The molecule has 0 saturated carbocycles. The summed E-state index contributed by atoms with van der Waals surface area (Å²) in [5.41, 5.74) is 4.89. The third kappa shape index (κ3) is 4.56. The highest BCUT2D eigenvalue weighted by Gasteiger charge is 2.30. The van der Waals surface area contributed by atoms with Gasteiger partial charge in [-0.15, -0.1) is 0 Å². The Labute approximate surface area is 148 Å². The fourth-order valence-electron chi connectivity index (χ4n) is 2.84. The first-order valence-corrected chi connectivity index (χ1v) is 8.41. The molecular formula is C15H22N5O6+. The van der Waals surface area contributed by atoms with E-state index >= 15 is 0 Å². The number of nitrogens with zero attached hydrogens (tertiary/aromatic N) is 2. The van der Waals surface area contributed by atoms with Crippen molar-refractivity contribution in [3.8, 4) is 0 Å². The van der Waals surface area contributed by atoms with Crippen LogP contribution in [0.15, 0.2) is 17.1 Å². The van der Waals surface area contributed by atoms with Crippen LogP contribution in [0.2, 0.25) is 0 Å². The van der Waals surface area contributed by atoms with Crippen molar-refractivity contribution in [1.82, 2.24) is 14.9 Å². The first-order valence-electron chi connectivity index (χ1n) is 8.41.